The zero-order valence-electron chi connectivity index (χ0n) is 14.2. The van der Waals surface area contributed by atoms with E-state index in [1.54, 1.807) is 4.57 Å². The summed E-state index contributed by atoms with van der Waals surface area (Å²) in [5, 5.41) is 9.63. The molecule has 5 nitrogen and oxygen atoms in total. The first-order valence-corrected chi connectivity index (χ1v) is 8.32. The van der Waals surface area contributed by atoms with Gasteiger partial charge in [0.25, 0.3) is 0 Å². The number of carbonyl (C=O) groups is 1. The fourth-order valence-corrected chi connectivity index (χ4v) is 2.72. The van der Waals surface area contributed by atoms with Crippen molar-refractivity contribution in [2.24, 2.45) is 0 Å². The molecule has 0 bridgehead atoms. The first-order valence-electron chi connectivity index (χ1n) is 8.32. The van der Waals surface area contributed by atoms with Crippen molar-refractivity contribution in [2.45, 2.75) is 19.6 Å². The summed E-state index contributed by atoms with van der Waals surface area (Å²) in [4.78, 5) is 24.0. The molecule has 0 aliphatic heterocycles. The lowest BCUT2D eigenvalue weighted by Gasteiger charge is -2.15. The highest BCUT2D eigenvalue weighted by atomic mass is 16.5. The summed E-state index contributed by atoms with van der Waals surface area (Å²) in [6.07, 6.45) is 2.16. The van der Waals surface area contributed by atoms with Crippen molar-refractivity contribution in [1.82, 2.24) is 4.57 Å². The number of nitrogens with zero attached hydrogens (tertiary/aromatic N) is 1. The van der Waals surface area contributed by atoms with Gasteiger partial charge in [-0.15, -0.1) is 0 Å². The van der Waals surface area contributed by atoms with Crippen LogP contribution in [-0.4, -0.2) is 15.6 Å². The van der Waals surface area contributed by atoms with Crippen molar-refractivity contribution in [3.05, 3.63) is 100.0 Å². The number of hydrogen-bond acceptors (Lipinski definition) is 3. The molecule has 0 saturated carbocycles. The lowest BCUT2D eigenvalue weighted by atomic mass is 10.1. The zero-order chi connectivity index (χ0) is 18.4. The smallest absolute Gasteiger partial charge is 0.356 e. The minimum absolute atomic E-state index is 0.121. The minimum atomic E-state index is -1.18. The molecule has 0 unspecified atom stereocenters. The second kappa shape index (κ2) is 8.16. The van der Waals surface area contributed by atoms with E-state index >= 15 is 0 Å². The Labute approximate surface area is 151 Å². The number of aromatic carboxylic acids is 1. The average molecular weight is 349 g/mol. The molecule has 2 aromatic carbocycles. The van der Waals surface area contributed by atoms with E-state index in [0.29, 0.717) is 13.0 Å². The third-order valence-corrected chi connectivity index (χ3v) is 4.04. The van der Waals surface area contributed by atoms with Crippen molar-refractivity contribution >= 4 is 5.97 Å². The largest absolute Gasteiger partial charge is 0.482 e. The lowest BCUT2D eigenvalue weighted by molar-refractivity contribution is 0.0677. The molecule has 0 spiro atoms. The van der Waals surface area contributed by atoms with Crippen LogP contribution in [0.3, 0.4) is 0 Å². The normalized spacial score (nSPS) is 10.5. The number of aromatic nitrogens is 1. The first-order chi connectivity index (χ1) is 12.6. The van der Waals surface area contributed by atoms with E-state index in [1.165, 1.54) is 12.3 Å². The summed E-state index contributed by atoms with van der Waals surface area (Å²) in [7, 11) is 0. The summed E-state index contributed by atoms with van der Waals surface area (Å²) in [6, 6.07) is 20.4. The Hall–Kier alpha value is -3.34. The van der Waals surface area contributed by atoms with Crippen LogP contribution in [0.4, 0.5) is 0 Å². The number of ether oxygens (including phenoxy) is 1. The van der Waals surface area contributed by atoms with Crippen molar-refractivity contribution in [1.29, 1.82) is 0 Å². The molecule has 26 heavy (non-hydrogen) atoms. The van der Waals surface area contributed by atoms with Crippen LogP contribution in [-0.2, 0) is 19.6 Å². The van der Waals surface area contributed by atoms with Gasteiger partial charge in [0.15, 0.2) is 11.4 Å². The summed E-state index contributed by atoms with van der Waals surface area (Å²) >= 11 is 0. The standard InChI is InChI=1S/C21H19NO4/c23-18-12-14-22(13-11-16-7-3-1-4-8-16)19(21(24)25)20(18)26-15-17-9-5-2-6-10-17/h1-10,12,14H,11,13,15H2,(H,24,25). The van der Waals surface area contributed by atoms with Gasteiger partial charge in [-0.2, -0.15) is 0 Å². The topological polar surface area (TPSA) is 68.5 Å². The van der Waals surface area contributed by atoms with E-state index in [0.717, 1.165) is 11.1 Å². The highest BCUT2D eigenvalue weighted by Gasteiger charge is 2.19. The second-order valence-corrected chi connectivity index (χ2v) is 5.87. The van der Waals surface area contributed by atoms with Gasteiger partial charge in [-0.05, 0) is 17.5 Å². The van der Waals surface area contributed by atoms with Gasteiger partial charge in [-0.1, -0.05) is 60.7 Å². The fraction of sp³-hybridized carbons (Fsp3) is 0.143. The monoisotopic (exact) mass is 349 g/mol. The van der Waals surface area contributed by atoms with Crippen LogP contribution in [0.2, 0.25) is 0 Å². The summed E-state index contributed by atoms with van der Waals surface area (Å²) in [6.45, 7) is 0.576. The number of carboxylic acid groups (broad SMARTS) is 1. The van der Waals surface area contributed by atoms with E-state index in [2.05, 4.69) is 0 Å². The van der Waals surface area contributed by atoms with Gasteiger partial charge in [0, 0.05) is 18.8 Å². The van der Waals surface area contributed by atoms with E-state index in [-0.39, 0.29) is 18.1 Å². The molecule has 3 aromatic rings. The molecule has 0 radical (unpaired) electrons. The number of benzene rings is 2. The molecule has 0 saturated heterocycles. The minimum Gasteiger partial charge on any atom is -0.482 e. The zero-order valence-corrected chi connectivity index (χ0v) is 14.2. The SMILES string of the molecule is O=C(O)c1c(OCc2ccccc2)c(=O)ccn1CCc1ccccc1. The van der Waals surface area contributed by atoms with E-state index in [9.17, 15) is 14.7 Å². The first kappa shape index (κ1) is 17.5. The molecule has 0 atom stereocenters. The van der Waals surface area contributed by atoms with Gasteiger partial charge in [0.1, 0.15) is 6.61 Å². The molecule has 0 amide bonds. The maximum Gasteiger partial charge on any atom is 0.356 e. The van der Waals surface area contributed by atoms with Gasteiger partial charge in [0.2, 0.25) is 5.43 Å². The molecule has 3 rings (SSSR count). The van der Waals surface area contributed by atoms with Crippen molar-refractivity contribution < 1.29 is 14.6 Å². The van der Waals surface area contributed by atoms with Crippen LogP contribution in [0.5, 0.6) is 5.75 Å². The Morgan fingerprint density at radius 3 is 2.15 bits per heavy atom. The molecule has 1 aromatic heterocycles. The maximum atomic E-state index is 12.2. The number of pyridine rings is 1. The third-order valence-electron chi connectivity index (χ3n) is 4.04. The van der Waals surface area contributed by atoms with Gasteiger partial charge in [-0.25, -0.2) is 4.79 Å². The summed E-state index contributed by atoms with van der Waals surface area (Å²) < 4.78 is 7.15. The Kier molecular flexibility index (Phi) is 5.49. The van der Waals surface area contributed by atoms with Gasteiger partial charge in [-0.3, -0.25) is 4.79 Å². The molecule has 0 aliphatic rings. The van der Waals surface area contributed by atoms with Crippen LogP contribution in [0.25, 0.3) is 0 Å². The third kappa shape index (κ3) is 4.19. The van der Waals surface area contributed by atoms with Crippen LogP contribution in [0, 0.1) is 0 Å². The number of aryl methyl sites for hydroxylation is 2. The lowest BCUT2D eigenvalue weighted by Crippen LogP contribution is -2.21. The second-order valence-electron chi connectivity index (χ2n) is 5.87. The molecule has 0 aliphatic carbocycles. The number of carboxylic acids is 1. The highest BCUT2D eigenvalue weighted by molar-refractivity contribution is 5.88. The van der Waals surface area contributed by atoms with Gasteiger partial charge >= 0.3 is 5.97 Å². The number of rotatable bonds is 7. The quantitative estimate of drug-likeness (QED) is 0.710. The van der Waals surface area contributed by atoms with Crippen molar-refractivity contribution in [2.75, 3.05) is 0 Å². The molecular weight excluding hydrogens is 330 g/mol. The van der Waals surface area contributed by atoms with Crippen LogP contribution < -0.4 is 10.2 Å². The summed E-state index contributed by atoms with van der Waals surface area (Å²) in [5.74, 6) is -1.31. The molecular formula is C21H19NO4. The Bertz CT molecular complexity index is 933. The fourth-order valence-electron chi connectivity index (χ4n) is 2.72. The predicted octanol–water partition coefficient (Wildman–Crippen LogP) is 3.37. The Morgan fingerprint density at radius 1 is 0.923 bits per heavy atom. The highest BCUT2D eigenvalue weighted by Crippen LogP contribution is 2.16. The van der Waals surface area contributed by atoms with Crippen LogP contribution in [0.1, 0.15) is 21.6 Å². The average Bonchev–Trinajstić information content (AvgIpc) is 2.67. The predicted molar refractivity (Wildman–Crippen MR) is 98.6 cm³/mol. The van der Waals surface area contributed by atoms with Crippen molar-refractivity contribution in [3.8, 4) is 5.75 Å². The van der Waals surface area contributed by atoms with Crippen LogP contribution >= 0.6 is 0 Å². The van der Waals surface area contributed by atoms with Crippen molar-refractivity contribution in [3.63, 3.8) is 0 Å². The van der Waals surface area contributed by atoms with E-state index in [4.69, 9.17) is 4.74 Å². The van der Waals surface area contributed by atoms with Crippen LogP contribution in [0.15, 0.2) is 77.7 Å². The van der Waals surface area contributed by atoms with E-state index < -0.39 is 11.4 Å². The maximum absolute atomic E-state index is 12.2. The molecule has 132 valence electrons. The van der Waals surface area contributed by atoms with Gasteiger partial charge in [0.05, 0.1) is 0 Å². The Morgan fingerprint density at radius 2 is 1.54 bits per heavy atom. The Balaban J connectivity index is 1.85. The molecule has 1 N–H and O–H groups in total. The van der Waals surface area contributed by atoms with Gasteiger partial charge < -0.3 is 14.4 Å². The molecule has 0 fully saturated rings. The molecule has 5 heteroatoms. The molecule has 1 heterocycles. The van der Waals surface area contributed by atoms with E-state index in [1.807, 2.05) is 60.7 Å². The number of hydrogen-bond donors (Lipinski definition) is 1. The summed E-state index contributed by atoms with van der Waals surface area (Å²) in [5.41, 5.74) is 1.40.